The molecular weight excluding hydrogens is 612 g/mol. The summed E-state index contributed by atoms with van der Waals surface area (Å²) in [6, 6.07) is 15.4. The van der Waals surface area contributed by atoms with E-state index < -0.39 is 11.6 Å². The molecule has 3 aliphatic carbocycles. The van der Waals surface area contributed by atoms with Gasteiger partial charge in [0.2, 0.25) is 5.91 Å². The van der Waals surface area contributed by atoms with Gasteiger partial charge < -0.3 is 19.8 Å². The number of hydrogen-bond donors (Lipinski definition) is 1. The maximum absolute atomic E-state index is 13.9. The van der Waals surface area contributed by atoms with E-state index in [9.17, 15) is 19.5 Å². The van der Waals surface area contributed by atoms with Crippen LogP contribution in [0.25, 0.3) is 10.9 Å². The summed E-state index contributed by atoms with van der Waals surface area (Å²) >= 11 is 0. The molecule has 2 amide bonds. The molecule has 5 aliphatic rings. The van der Waals surface area contributed by atoms with Crippen LogP contribution < -0.4 is 4.90 Å². The van der Waals surface area contributed by atoms with E-state index >= 15 is 0 Å². The Labute approximate surface area is 288 Å². The zero-order valence-corrected chi connectivity index (χ0v) is 28.7. The first kappa shape index (κ1) is 32.0. The number of aromatic nitrogens is 1. The van der Waals surface area contributed by atoms with Gasteiger partial charge in [-0.3, -0.25) is 14.4 Å². The number of carbonyl (C=O) groups is 3. The van der Waals surface area contributed by atoms with Crippen molar-refractivity contribution in [1.82, 2.24) is 14.8 Å². The lowest BCUT2D eigenvalue weighted by Gasteiger charge is -2.52. The van der Waals surface area contributed by atoms with Crippen LogP contribution in [0.15, 0.2) is 48.5 Å². The number of Topliss-reactive ketones (excluding diaryl/α,β-unsaturated/α-hetero) is 1. The number of para-hydroxylation sites is 1. The quantitative estimate of drug-likeness (QED) is 0.290. The third-order valence-corrected chi connectivity index (χ3v) is 13.2. The molecule has 0 bridgehead atoms. The molecule has 2 saturated heterocycles. The van der Waals surface area contributed by atoms with Crippen molar-refractivity contribution in [3.05, 3.63) is 70.9 Å². The molecule has 4 fully saturated rings. The van der Waals surface area contributed by atoms with Crippen molar-refractivity contribution in [2.45, 2.75) is 82.8 Å². The number of amides is 2. The van der Waals surface area contributed by atoms with E-state index in [-0.39, 0.29) is 23.0 Å². The number of benzene rings is 2. The molecule has 254 valence electrons. The van der Waals surface area contributed by atoms with Gasteiger partial charge in [0.05, 0.1) is 5.52 Å². The number of aliphatic hydroxyl groups is 1. The maximum Gasteiger partial charge on any atom is 0.273 e. The fourth-order valence-electron chi connectivity index (χ4n) is 10.4. The summed E-state index contributed by atoms with van der Waals surface area (Å²) < 4.78 is 0. The van der Waals surface area contributed by atoms with Crippen LogP contribution in [0.2, 0.25) is 0 Å². The first-order valence-corrected chi connectivity index (χ1v) is 18.2. The van der Waals surface area contributed by atoms with Crippen LogP contribution in [0.4, 0.5) is 5.69 Å². The molecule has 0 spiro atoms. The normalized spacial score (nSPS) is 30.8. The molecule has 49 heavy (non-hydrogen) atoms. The molecule has 8 rings (SSSR count). The fraction of sp³-hybridized carbons (Fsp3) is 0.512. The van der Waals surface area contributed by atoms with E-state index in [1.807, 2.05) is 35.2 Å². The summed E-state index contributed by atoms with van der Waals surface area (Å²) in [5, 5.41) is 12.4. The zero-order valence-electron chi connectivity index (χ0n) is 28.7. The highest BCUT2D eigenvalue weighted by Gasteiger charge is 2.61. The SMILES string of the molecule is C#C[C@]1(O)CC[C@H]2[C@@H]3CCc4cc(C(C)=O)c(N5CCN(C(=O)[C@@H]6CCCN6C(=O)c6ccc7ccccc7n6)CC5)cc4[C@H]3CC[C@@]21C. The van der Waals surface area contributed by atoms with Crippen molar-refractivity contribution in [3.8, 4) is 12.3 Å². The Balaban J connectivity index is 0.987. The number of aryl methyl sites for hydroxylation is 1. The van der Waals surface area contributed by atoms with Gasteiger partial charge >= 0.3 is 0 Å². The van der Waals surface area contributed by atoms with Gasteiger partial charge in [-0.15, -0.1) is 6.42 Å². The Hall–Kier alpha value is -4.22. The van der Waals surface area contributed by atoms with Crippen LogP contribution in [0.3, 0.4) is 0 Å². The van der Waals surface area contributed by atoms with Gasteiger partial charge in [0, 0.05) is 54.8 Å². The van der Waals surface area contributed by atoms with Crippen molar-refractivity contribution >= 4 is 34.2 Å². The second-order valence-corrected chi connectivity index (χ2v) is 15.4. The molecule has 0 unspecified atom stereocenters. The fourth-order valence-corrected chi connectivity index (χ4v) is 10.4. The van der Waals surface area contributed by atoms with E-state index in [0.29, 0.717) is 69.0 Å². The number of pyridine rings is 1. The molecule has 1 N–H and O–H groups in total. The Bertz CT molecular complexity index is 1890. The predicted octanol–water partition coefficient (Wildman–Crippen LogP) is 5.61. The molecule has 6 atom stereocenters. The van der Waals surface area contributed by atoms with Gasteiger partial charge in [0.25, 0.3) is 5.91 Å². The Kier molecular flexibility index (Phi) is 7.83. The standard InChI is InChI=1S/C41H46N4O4/c1-4-41(49)18-16-33-30-13-11-28-24-31(26(2)46)37(25-32(28)29(30)15-17-40(33,41)3)43-20-22-44(23-21-43)39(48)36-10-7-19-45(36)38(47)35-14-12-27-8-5-6-9-34(27)42-35/h1,5-6,8-9,12,14,24-25,29-30,33,36,49H,7,10-11,13,15-23H2,2-3H3/t29-,30+,33-,36-,40-,41-/m0/s1. The largest absolute Gasteiger partial charge is 0.377 e. The summed E-state index contributed by atoms with van der Waals surface area (Å²) in [6.45, 7) is 6.74. The number of ketones is 1. The number of hydrogen-bond acceptors (Lipinski definition) is 6. The predicted molar refractivity (Wildman–Crippen MR) is 189 cm³/mol. The first-order chi connectivity index (χ1) is 23.6. The number of rotatable bonds is 4. The summed E-state index contributed by atoms with van der Waals surface area (Å²) in [6.07, 6.45) is 12.9. The van der Waals surface area contributed by atoms with Crippen molar-refractivity contribution in [2.75, 3.05) is 37.6 Å². The Morgan fingerprint density at radius 1 is 0.959 bits per heavy atom. The molecule has 2 aromatic carbocycles. The van der Waals surface area contributed by atoms with Gasteiger partial charge in [-0.25, -0.2) is 4.98 Å². The Morgan fingerprint density at radius 2 is 1.76 bits per heavy atom. The van der Waals surface area contributed by atoms with Crippen molar-refractivity contribution in [3.63, 3.8) is 0 Å². The lowest BCUT2D eigenvalue weighted by Crippen LogP contribution is -2.54. The molecule has 2 saturated carbocycles. The van der Waals surface area contributed by atoms with E-state index in [1.165, 1.54) is 11.1 Å². The minimum absolute atomic E-state index is 0.000102. The van der Waals surface area contributed by atoms with Crippen LogP contribution in [0, 0.1) is 29.6 Å². The third-order valence-electron chi connectivity index (χ3n) is 13.2. The summed E-state index contributed by atoms with van der Waals surface area (Å²) in [7, 11) is 0. The average Bonchev–Trinajstić information content (AvgIpc) is 3.73. The van der Waals surface area contributed by atoms with Gasteiger partial charge in [0.15, 0.2) is 5.78 Å². The lowest BCUT2D eigenvalue weighted by atomic mass is 9.53. The first-order valence-electron chi connectivity index (χ1n) is 18.2. The smallest absolute Gasteiger partial charge is 0.273 e. The number of terminal acetylenes is 1. The van der Waals surface area contributed by atoms with Crippen LogP contribution in [-0.2, 0) is 11.2 Å². The number of fused-ring (bicyclic) bond motifs is 6. The lowest BCUT2D eigenvalue weighted by molar-refractivity contribution is -0.135. The number of carbonyl (C=O) groups excluding carboxylic acids is 3. The van der Waals surface area contributed by atoms with Crippen molar-refractivity contribution in [1.29, 1.82) is 0 Å². The molecule has 0 radical (unpaired) electrons. The molecule has 3 heterocycles. The van der Waals surface area contributed by atoms with Crippen LogP contribution in [0.5, 0.6) is 0 Å². The number of nitrogens with zero attached hydrogens (tertiary/aromatic N) is 4. The van der Waals surface area contributed by atoms with Gasteiger partial charge in [-0.1, -0.05) is 37.1 Å². The summed E-state index contributed by atoms with van der Waals surface area (Å²) in [4.78, 5) is 51.0. The number of piperazine rings is 1. The zero-order chi connectivity index (χ0) is 34.1. The Morgan fingerprint density at radius 3 is 2.53 bits per heavy atom. The summed E-state index contributed by atoms with van der Waals surface area (Å²) in [5.41, 5.74) is 4.23. The molecule has 3 aromatic rings. The third kappa shape index (κ3) is 5.07. The minimum Gasteiger partial charge on any atom is -0.377 e. The van der Waals surface area contributed by atoms with Gasteiger partial charge in [-0.05, 0) is 111 Å². The average molecular weight is 659 g/mol. The second kappa shape index (κ2) is 12.0. The van der Waals surface area contributed by atoms with Gasteiger partial charge in [-0.2, -0.15) is 0 Å². The van der Waals surface area contributed by atoms with Gasteiger partial charge in [0.1, 0.15) is 17.3 Å². The van der Waals surface area contributed by atoms with Crippen molar-refractivity contribution < 1.29 is 19.5 Å². The van der Waals surface area contributed by atoms with Crippen LogP contribution in [0.1, 0.15) is 96.7 Å². The van der Waals surface area contributed by atoms with Crippen LogP contribution in [-0.4, -0.2) is 81.9 Å². The van der Waals surface area contributed by atoms with E-state index in [1.54, 1.807) is 17.9 Å². The minimum atomic E-state index is -1.03. The maximum atomic E-state index is 13.9. The summed E-state index contributed by atoms with van der Waals surface area (Å²) in [5.74, 6) is 3.91. The van der Waals surface area contributed by atoms with E-state index in [4.69, 9.17) is 6.42 Å². The second-order valence-electron chi connectivity index (χ2n) is 15.4. The van der Waals surface area contributed by atoms with Crippen molar-refractivity contribution in [2.24, 2.45) is 17.3 Å². The number of likely N-dealkylation sites (tertiary alicyclic amines) is 1. The molecule has 8 heteroatoms. The highest BCUT2D eigenvalue weighted by atomic mass is 16.3. The number of anilines is 1. The van der Waals surface area contributed by atoms with Crippen LogP contribution >= 0.6 is 0 Å². The topological polar surface area (TPSA) is 94.0 Å². The van der Waals surface area contributed by atoms with E-state index in [2.05, 4.69) is 34.9 Å². The monoisotopic (exact) mass is 658 g/mol. The molecular formula is C41H46N4O4. The highest BCUT2D eigenvalue weighted by Crippen LogP contribution is 2.64. The molecule has 8 nitrogen and oxygen atoms in total. The highest BCUT2D eigenvalue weighted by molar-refractivity contribution is 6.00. The molecule has 2 aliphatic heterocycles. The van der Waals surface area contributed by atoms with E-state index in [0.717, 1.165) is 60.7 Å². The molecule has 1 aromatic heterocycles.